The molecule has 0 saturated carbocycles. The topological polar surface area (TPSA) is 118 Å². The third-order valence-electron chi connectivity index (χ3n) is 2.33. The third-order valence-corrected chi connectivity index (χ3v) is 2.33. The van der Waals surface area contributed by atoms with Crippen molar-refractivity contribution >= 4 is 0 Å². The second-order valence-corrected chi connectivity index (χ2v) is 4.01. The van der Waals surface area contributed by atoms with Crippen LogP contribution in [0.1, 0.15) is 13.8 Å². The van der Waals surface area contributed by atoms with E-state index < -0.39 is 18.2 Å². The number of hydrogen-bond donors (Lipinski definition) is 4. The molecule has 0 aromatic carbocycles. The lowest BCUT2D eigenvalue weighted by molar-refractivity contribution is -0.375. The van der Waals surface area contributed by atoms with Crippen molar-refractivity contribution in [3.8, 4) is 0 Å². The Labute approximate surface area is 118 Å². The van der Waals surface area contributed by atoms with Crippen LogP contribution < -0.4 is 0 Å². The highest BCUT2D eigenvalue weighted by molar-refractivity contribution is 4.75. The maximum atomic E-state index is 9.75. The molecule has 0 bridgehead atoms. The van der Waals surface area contributed by atoms with Crippen molar-refractivity contribution in [3.05, 3.63) is 0 Å². The Kier molecular flexibility index (Phi) is 11.2. The number of hydrogen-bond acceptors (Lipinski definition) is 8. The van der Waals surface area contributed by atoms with Gasteiger partial charge in [-0.1, -0.05) is 0 Å². The summed E-state index contributed by atoms with van der Waals surface area (Å²) in [6, 6.07) is 0. The molecule has 0 radical (unpaired) electrons. The molecule has 0 spiro atoms. The molecule has 122 valence electrons. The largest absolute Gasteiger partial charge is 0.388 e. The summed E-state index contributed by atoms with van der Waals surface area (Å²) in [4.78, 5) is 0. The Morgan fingerprint density at radius 2 is 1.35 bits per heavy atom. The molecule has 2 unspecified atom stereocenters. The van der Waals surface area contributed by atoms with Crippen LogP contribution in [0.2, 0.25) is 0 Å². The highest BCUT2D eigenvalue weighted by Gasteiger charge is 2.39. The number of ether oxygens (including phenoxy) is 4. The summed E-state index contributed by atoms with van der Waals surface area (Å²) in [5.41, 5.74) is 0. The minimum atomic E-state index is -3.16. The highest BCUT2D eigenvalue weighted by Crippen LogP contribution is 2.12. The van der Waals surface area contributed by atoms with Gasteiger partial charge in [-0.3, -0.25) is 0 Å². The van der Waals surface area contributed by atoms with Gasteiger partial charge in [0.15, 0.2) is 6.10 Å². The fourth-order valence-corrected chi connectivity index (χ4v) is 1.41. The molecule has 2 atom stereocenters. The van der Waals surface area contributed by atoms with E-state index in [2.05, 4.69) is 0 Å². The third kappa shape index (κ3) is 9.56. The summed E-state index contributed by atoms with van der Waals surface area (Å²) >= 11 is 0. The molecule has 0 aromatic rings. The smallest absolute Gasteiger partial charge is 0.306 e. The standard InChI is InChI=1S/C12H26O8/c1-3-17-5-6-19-9-10(13)11(12(14,15)16)20-8-7-18-4-2/h10-11,13-16H,3-9H2,1-2H3. The van der Waals surface area contributed by atoms with Gasteiger partial charge in [0.1, 0.15) is 6.10 Å². The van der Waals surface area contributed by atoms with Crippen molar-refractivity contribution in [1.82, 2.24) is 0 Å². The van der Waals surface area contributed by atoms with E-state index >= 15 is 0 Å². The second kappa shape index (κ2) is 11.4. The van der Waals surface area contributed by atoms with Gasteiger partial charge in [0.25, 0.3) is 0 Å². The Balaban J connectivity index is 4.05. The Bertz CT molecular complexity index is 218. The molecular formula is C12H26O8. The van der Waals surface area contributed by atoms with Crippen LogP contribution in [0.15, 0.2) is 0 Å². The summed E-state index contributed by atoms with van der Waals surface area (Å²) in [5.74, 6) is -3.16. The van der Waals surface area contributed by atoms with E-state index in [4.69, 9.17) is 34.3 Å². The molecule has 0 rings (SSSR count). The van der Waals surface area contributed by atoms with Crippen LogP contribution in [0.25, 0.3) is 0 Å². The molecule has 8 heteroatoms. The Hall–Kier alpha value is -0.320. The molecule has 8 nitrogen and oxygen atoms in total. The monoisotopic (exact) mass is 298 g/mol. The van der Waals surface area contributed by atoms with Gasteiger partial charge in [-0.2, -0.15) is 0 Å². The molecule has 0 fully saturated rings. The SMILES string of the molecule is CCOCCOCC(O)C(OCCOCC)C(O)(O)O. The first-order chi connectivity index (χ1) is 9.43. The molecule has 0 saturated heterocycles. The fourth-order valence-electron chi connectivity index (χ4n) is 1.41. The van der Waals surface area contributed by atoms with Crippen LogP contribution in [0.4, 0.5) is 0 Å². The zero-order chi connectivity index (χ0) is 15.4. The quantitative estimate of drug-likeness (QED) is 0.238. The van der Waals surface area contributed by atoms with Crippen molar-refractivity contribution in [2.45, 2.75) is 32.0 Å². The minimum absolute atomic E-state index is 0.00204. The summed E-state index contributed by atoms with van der Waals surface area (Å²) < 4.78 is 20.1. The van der Waals surface area contributed by atoms with E-state index in [1.807, 2.05) is 6.92 Å². The molecular weight excluding hydrogens is 272 g/mol. The normalized spacial score (nSPS) is 15.3. The van der Waals surface area contributed by atoms with Gasteiger partial charge >= 0.3 is 5.97 Å². The summed E-state index contributed by atoms with van der Waals surface area (Å²) in [6.07, 6.45) is -3.02. The van der Waals surface area contributed by atoms with Gasteiger partial charge in [0.2, 0.25) is 0 Å². The van der Waals surface area contributed by atoms with Crippen molar-refractivity contribution in [2.24, 2.45) is 0 Å². The minimum Gasteiger partial charge on any atom is -0.388 e. The average Bonchev–Trinajstić information content (AvgIpc) is 2.36. The van der Waals surface area contributed by atoms with Crippen LogP contribution in [0.3, 0.4) is 0 Å². The zero-order valence-electron chi connectivity index (χ0n) is 12.0. The Morgan fingerprint density at radius 1 is 0.850 bits per heavy atom. The van der Waals surface area contributed by atoms with Crippen LogP contribution >= 0.6 is 0 Å². The van der Waals surface area contributed by atoms with E-state index in [-0.39, 0.29) is 26.4 Å². The fraction of sp³-hybridized carbons (Fsp3) is 1.00. The van der Waals surface area contributed by atoms with Gasteiger partial charge in [-0.15, -0.1) is 0 Å². The van der Waals surface area contributed by atoms with Gasteiger partial charge in [-0.05, 0) is 13.8 Å². The summed E-state index contributed by atoms with van der Waals surface area (Å²) in [6.45, 7) is 5.27. The lowest BCUT2D eigenvalue weighted by Crippen LogP contribution is -2.52. The Morgan fingerprint density at radius 3 is 1.85 bits per heavy atom. The van der Waals surface area contributed by atoms with Crippen molar-refractivity contribution in [1.29, 1.82) is 0 Å². The summed E-state index contributed by atoms with van der Waals surface area (Å²) in [7, 11) is 0. The van der Waals surface area contributed by atoms with Gasteiger partial charge in [0.05, 0.1) is 33.0 Å². The second-order valence-electron chi connectivity index (χ2n) is 4.01. The van der Waals surface area contributed by atoms with Crippen molar-refractivity contribution in [2.75, 3.05) is 46.2 Å². The molecule has 0 aromatic heterocycles. The maximum absolute atomic E-state index is 9.75. The van der Waals surface area contributed by atoms with Crippen molar-refractivity contribution in [3.63, 3.8) is 0 Å². The van der Waals surface area contributed by atoms with Crippen LogP contribution in [0, 0.1) is 0 Å². The zero-order valence-corrected chi connectivity index (χ0v) is 12.0. The molecule has 0 aliphatic heterocycles. The number of rotatable bonds is 13. The summed E-state index contributed by atoms with van der Waals surface area (Å²) in [5, 5.41) is 37.2. The van der Waals surface area contributed by atoms with Gasteiger partial charge in [-0.25, -0.2) is 0 Å². The first kappa shape index (κ1) is 19.7. The van der Waals surface area contributed by atoms with Crippen LogP contribution in [0.5, 0.6) is 0 Å². The molecule has 0 aliphatic rings. The predicted molar refractivity (Wildman–Crippen MR) is 68.9 cm³/mol. The van der Waals surface area contributed by atoms with E-state index in [1.165, 1.54) is 0 Å². The highest BCUT2D eigenvalue weighted by atomic mass is 16.7. The van der Waals surface area contributed by atoms with E-state index in [0.717, 1.165) is 0 Å². The number of aliphatic hydroxyl groups excluding tert-OH is 1. The van der Waals surface area contributed by atoms with E-state index in [0.29, 0.717) is 19.8 Å². The van der Waals surface area contributed by atoms with Crippen LogP contribution in [-0.4, -0.2) is 84.9 Å². The van der Waals surface area contributed by atoms with E-state index in [9.17, 15) is 5.11 Å². The van der Waals surface area contributed by atoms with E-state index in [1.54, 1.807) is 6.92 Å². The first-order valence-corrected chi connectivity index (χ1v) is 6.63. The molecule has 0 amide bonds. The van der Waals surface area contributed by atoms with Crippen LogP contribution in [-0.2, 0) is 18.9 Å². The first-order valence-electron chi connectivity index (χ1n) is 6.63. The van der Waals surface area contributed by atoms with Gasteiger partial charge < -0.3 is 39.4 Å². The molecule has 20 heavy (non-hydrogen) atoms. The van der Waals surface area contributed by atoms with Crippen molar-refractivity contribution < 1.29 is 39.4 Å². The predicted octanol–water partition coefficient (Wildman–Crippen LogP) is -1.55. The molecule has 0 aliphatic carbocycles. The number of aliphatic hydroxyl groups is 4. The average molecular weight is 298 g/mol. The molecule has 0 heterocycles. The molecule has 4 N–H and O–H groups in total. The lowest BCUT2D eigenvalue weighted by atomic mass is 10.2. The maximum Gasteiger partial charge on any atom is 0.306 e. The van der Waals surface area contributed by atoms with Gasteiger partial charge in [0, 0.05) is 13.2 Å². The lowest BCUT2D eigenvalue weighted by Gasteiger charge is -2.29.